The van der Waals surface area contributed by atoms with Crippen LogP contribution in [0.2, 0.25) is 0 Å². The summed E-state index contributed by atoms with van der Waals surface area (Å²) in [6.45, 7) is 9.26. The molecule has 2 saturated heterocycles. The highest BCUT2D eigenvalue weighted by Crippen LogP contribution is 2.23. The summed E-state index contributed by atoms with van der Waals surface area (Å²) in [6, 6.07) is 8.32. The number of anilines is 2. The van der Waals surface area contributed by atoms with E-state index < -0.39 is 0 Å². The monoisotopic (exact) mass is 352 g/mol. The van der Waals surface area contributed by atoms with Crippen molar-refractivity contribution in [3.8, 4) is 0 Å². The third-order valence-electron chi connectivity index (χ3n) is 5.30. The summed E-state index contributed by atoms with van der Waals surface area (Å²) in [7, 11) is 0. The molecule has 2 aliphatic heterocycles. The summed E-state index contributed by atoms with van der Waals surface area (Å²) in [5, 5.41) is 0. The maximum atomic E-state index is 4.72. The molecule has 26 heavy (non-hydrogen) atoms. The van der Waals surface area contributed by atoms with Crippen LogP contribution in [0.5, 0.6) is 0 Å². The Morgan fingerprint density at radius 3 is 2.19 bits per heavy atom. The highest BCUT2D eigenvalue weighted by molar-refractivity contribution is 5.51. The second-order valence-electron chi connectivity index (χ2n) is 7.26. The molecule has 0 N–H and O–H groups in total. The number of aromatic nitrogens is 3. The van der Waals surface area contributed by atoms with Crippen LogP contribution < -0.4 is 9.80 Å². The number of pyridine rings is 1. The Morgan fingerprint density at radius 2 is 1.54 bits per heavy atom. The van der Waals surface area contributed by atoms with Crippen LogP contribution >= 0.6 is 0 Å². The van der Waals surface area contributed by atoms with Gasteiger partial charge in [0.25, 0.3) is 0 Å². The summed E-state index contributed by atoms with van der Waals surface area (Å²) in [5.74, 6) is 3.05. The lowest BCUT2D eigenvalue weighted by atomic mass is 10.1. The zero-order chi connectivity index (χ0) is 17.8. The molecule has 2 aromatic heterocycles. The Bertz CT molecular complexity index is 705. The molecular formula is C20H28N6. The standard InChI is InChI=1S/C20H28N6/c1-17-22-19(25-9-5-2-6-10-25)15-20(23-17)26-13-11-24(12-14-26)16-18-7-3-4-8-21-18/h3-4,7-8,15H,2,5-6,9-14,16H2,1H3. The topological polar surface area (TPSA) is 48.4 Å². The number of piperazine rings is 1. The average Bonchev–Trinajstić information content (AvgIpc) is 2.70. The van der Waals surface area contributed by atoms with Gasteiger partial charge < -0.3 is 9.80 Å². The predicted octanol–water partition coefficient (Wildman–Crippen LogP) is 2.49. The first kappa shape index (κ1) is 17.2. The molecule has 6 nitrogen and oxygen atoms in total. The van der Waals surface area contributed by atoms with Gasteiger partial charge in [0.05, 0.1) is 5.69 Å². The largest absolute Gasteiger partial charge is 0.356 e. The van der Waals surface area contributed by atoms with E-state index in [1.165, 1.54) is 19.3 Å². The third kappa shape index (κ3) is 4.12. The molecular weight excluding hydrogens is 324 g/mol. The van der Waals surface area contributed by atoms with E-state index in [0.717, 1.165) is 69.0 Å². The number of hydrogen-bond donors (Lipinski definition) is 0. The fourth-order valence-corrected chi connectivity index (χ4v) is 3.84. The molecule has 0 unspecified atom stereocenters. The van der Waals surface area contributed by atoms with Crippen molar-refractivity contribution in [2.75, 3.05) is 49.1 Å². The van der Waals surface area contributed by atoms with E-state index in [1.54, 1.807) is 0 Å². The lowest BCUT2D eigenvalue weighted by molar-refractivity contribution is 0.246. The number of rotatable bonds is 4. The molecule has 4 rings (SSSR count). The molecule has 2 aromatic rings. The van der Waals surface area contributed by atoms with E-state index in [0.29, 0.717) is 0 Å². The smallest absolute Gasteiger partial charge is 0.134 e. The van der Waals surface area contributed by atoms with E-state index in [2.05, 4.69) is 37.9 Å². The van der Waals surface area contributed by atoms with Gasteiger partial charge in [0.15, 0.2) is 0 Å². The normalized spacial score (nSPS) is 19.0. The summed E-state index contributed by atoms with van der Waals surface area (Å²) in [5.41, 5.74) is 1.14. The second kappa shape index (κ2) is 7.99. The van der Waals surface area contributed by atoms with E-state index in [4.69, 9.17) is 9.97 Å². The van der Waals surface area contributed by atoms with Gasteiger partial charge in [0, 0.05) is 58.1 Å². The minimum Gasteiger partial charge on any atom is -0.356 e. The predicted molar refractivity (Wildman–Crippen MR) is 105 cm³/mol. The zero-order valence-electron chi connectivity index (χ0n) is 15.6. The highest BCUT2D eigenvalue weighted by atomic mass is 15.3. The molecule has 0 atom stereocenters. The number of hydrogen-bond acceptors (Lipinski definition) is 6. The Kier molecular flexibility index (Phi) is 5.29. The quantitative estimate of drug-likeness (QED) is 0.843. The van der Waals surface area contributed by atoms with E-state index in [-0.39, 0.29) is 0 Å². The van der Waals surface area contributed by atoms with E-state index >= 15 is 0 Å². The first-order valence-electron chi connectivity index (χ1n) is 9.76. The Hall–Kier alpha value is -2.21. The summed E-state index contributed by atoms with van der Waals surface area (Å²) < 4.78 is 0. The van der Waals surface area contributed by atoms with Gasteiger partial charge in [-0.1, -0.05) is 6.07 Å². The van der Waals surface area contributed by atoms with Crippen molar-refractivity contribution in [2.24, 2.45) is 0 Å². The van der Waals surface area contributed by atoms with Crippen LogP contribution in [0.15, 0.2) is 30.5 Å². The van der Waals surface area contributed by atoms with Crippen LogP contribution in [0.1, 0.15) is 30.8 Å². The lowest BCUT2D eigenvalue weighted by Crippen LogP contribution is -2.46. The third-order valence-corrected chi connectivity index (χ3v) is 5.30. The van der Waals surface area contributed by atoms with Crippen molar-refractivity contribution in [2.45, 2.75) is 32.7 Å². The molecule has 0 amide bonds. The van der Waals surface area contributed by atoms with Crippen LogP contribution in [-0.4, -0.2) is 59.1 Å². The molecule has 0 saturated carbocycles. The van der Waals surface area contributed by atoms with Gasteiger partial charge >= 0.3 is 0 Å². The molecule has 6 heteroatoms. The van der Waals surface area contributed by atoms with Gasteiger partial charge in [-0.25, -0.2) is 9.97 Å². The highest BCUT2D eigenvalue weighted by Gasteiger charge is 2.21. The van der Waals surface area contributed by atoms with Crippen LogP contribution in [0.4, 0.5) is 11.6 Å². The molecule has 0 aliphatic carbocycles. The van der Waals surface area contributed by atoms with Gasteiger partial charge in [0.2, 0.25) is 0 Å². The van der Waals surface area contributed by atoms with Crippen LogP contribution in [0.25, 0.3) is 0 Å². The fraction of sp³-hybridized carbons (Fsp3) is 0.550. The number of aryl methyl sites for hydroxylation is 1. The van der Waals surface area contributed by atoms with Crippen molar-refractivity contribution < 1.29 is 0 Å². The van der Waals surface area contributed by atoms with Gasteiger partial charge in [-0.3, -0.25) is 9.88 Å². The second-order valence-corrected chi connectivity index (χ2v) is 7.26. The molecule has 2 fully saturated rings. The first-order valence-corrected chi connectivity index (χ1v) is 9.76. The molecule has 4 heterocycles. The van der Waals surface area contributed by atoms with E-state index in [9.17, 15) is 0 Å². The Morgan fingerprint density at radius 1 is 0.846 bits per heavy atom. The molecule has 0 spiro atoms. The maximum Gasteiger partial charge on any atom is 0.134 e. The SMILES string of the molecule is Cc1nc(N2CCCCC2)cc(N2CCN(Cc3ccccn3)CC2)n1. The maximum absolute atomic E-state index is 4.72. The minimum absolute atomic E-state index is 0.874. The zero-order valence-corrected chi connectivity index (χ0v) is 15.6. The number of piperidine rings is 1. The van der Waals surface area contributed by atoms with Crippen LogP contribution in [-0.2, 0) is 6.54 Å². The summed E-state index contributed by atoms with van der Waals surface area (Å²) >= 11 is 0. The molecule has 0 bridgehead atoms. The van der Waals surface area contributed by atoms with Crippen molar-refractivity contribution in [3.63, 3.8) is 0 Å². The van der Waals surface area contributed by atoms with Crippen molar-refractivity contribution in [1.29, 1.82) is 0 Å². The number of nitrogens with zero attached hydrogens (tertiary/aromatic N) is 6. The van der Waals surface area contributed by atoms with Gasteiger partial charge in [-0.15, -0.1) is 0 Å². The Balaban J connectivity index is 1.40. The summed E-state index contributed by atoms with van der Waals surface area (Å²) in [6.07, 6.45) is 5.75. The molecule has 138 valence electrons. The van der Waals surface area contributed by atoms with Crippen molar-refractivity contribution in [3.05, 3.63) is 42.0 Å². The Labute approximate surface area is 155 Å². The molecule has 0 aromatic carbocycles. The summed E-state index contributed by atoms with van der Waals surface area (Å²) in [4.78, 5) is 21.1. The van der Waals surface area contributed by atoms with Crippen LogP contribution in [0, 0.1) is 6.92 Å². The van der Waals surface area contributed by atoms with Crippen molar-refractivity contribution >= 4 is 11.6 Å². The van der Waals surface area contributed by atoms with Gasteiger partial charge in [0.1, 0.15) is 17.5 Å². The first-order chi connectivity index (χ1) is 12.8. The van der Waals surface area contributed by atoms with Gasteiger partial charge in [-0.2, -0.15) is 0 Å². The lowest BCUT2D eigenvalue weighted by Gasteiger charge is -2.36. The van der Waals surface area contributed by atoms with Gasteiger partial charge in [-0.05, 0) is 38.3 Å². The minimum atomic E-state index is 0.874. The van der Waals surface area contributed by atoms with Crippen molar-refractivity contribution in [1.82, 2.24) is 19.9 Å². The average molecular weight is 352 g/mol. The van der Waals surface area contributed by atoms with Crippen LogP contribution in [0.3, 0.4) is 0 Å². The molecule has 2 aliphatic rings. The van der Waals surface area contributed by atoms with E-state index in [1.807, 2.05) is 19.2 Å². The molecule has 0 radical (unpaired) electrons. The fourth-order valence-electron chi connectivity index (χ4n) is 3.84.